The Labute approximate surface area is 173 Å². The van der Waals surface area contributed by atoms with Crippen molar-refractivity contribution in [3.8, 4) is 0 Å². The number of aliphatic hydroxyl groups is 1. The van der Waals surface area contributed by atoms with Gasteiger partial charge in [0.05, 0.1) is 4.90 Å². The second-order valence-corrected chi connectivity index (χ2v) is 9.85. The van der Waals surface area contributed by atoms with Gasteiger partial charge in [-0.05, 0) is 61.3 Å². The van der Waals surface area contributed by atoms with Crippen LogP contribution in [0, 0.1) is 5.41 Å². The molecule has 0 saturated heterocycles. The van der Waals surface area contributed by atoms with Crippen LogP contribution in [0.2, 0.25) is 0 Å². The SMILES string of the molecule is CC(=O)c1ccc(S(=O)(=O)NCC2(Cc3ccc(CCO)cc3)CCCC2)cc1. The molecule has 0 heterocycles. The van der Waals surface area contributed by atoms with E-state index >= 15 is 0 Å². The molecule has 5 nitrogen and oxygen atoms in total. The quantitative estimate of drug-likeness (QED) is 0.614. The van der Waals surface area contributed by atoms with Gasteiger partial charge in [0.15, 0.2) is 5.78 Å². The number of hydrogen-bond acceptors (Lipinski definition) is 4. The predicted molar refractivity (Wildman–Crippen MR) is 113 cm³/mol. The van der Waals surface area contributed by atoms with E-state index in [1.165, 1.54) is 24.6 Å². The highest BCUT2D eigenvalue weighted by atomic mass is 32.2. The molecule has 2 N–H and O–H groups in total. The van der Waals surface area contributed by atoms with Gasteiger partial charge < -0.3 is 5.11 Å². The number of hydrogen-bond donors (Lipinski definition) is 2. The molecule has 2 aromatic carbocycles. The number of carbonyl (C=O) groups excluding carboxylic acids is 1. The van der Waals surface area contributed by atoms with E-state index in [1.54, 1.807) is 12.1 Å². The third-order valence-corrected chi connectivity index (χ3v) is 7.29. The second kappa shape index (κ2) is 9.20. The third-order valence-electron chi connectivity index (χ3n) is 5.88. The van der Waals surface area contributed by atoms with Crippen molar-refractivity contribution in [2.75, 3.05) is 13.2 Å². The summed E-state index contributed by atoms with van der Waals surface area (Å²) in [6, 6.07) is 14.3. The van der Waals surface area contributed by atoms with Gasteiger partial charge in [-0.1, -0.05) is 49.2 Å². The minimum Gasteiger partial charge on any atom is -0.396 e. The summed E-state index contributed by atoms with van der Waals surface area (Å²) in [5.74, 6) is -0.0863. The number of nitrogens with one attached hydrogen (secondary N) is 1. The molecule has 1 aliphatic carbocycles. The number of aliphatic hydroxyl groups excluding tert-OH is 1. The van der Waals surface area contributed by atoms with E-state index in [0.717, 1.165) is 37.7 Å². The summed E-state index contributed by atoms with van der Waals surface area (Å²) < 4.78 is 28.3. The lowest BCUT2D eigenvalue weighted by Crippen LogP contribution is -2.37. The minimum absolute atomic E-state index is 0.0785. The summed E-state index contributed by atoms with van der Waals surface area (Å²) in [5, 5.41) is 9.06. The van der Waals surface area contributed by atoms with Crippen molar-refractivity contribution in [2.45, 2.75) is 50.3 Å². The Bertz CT molecular complexity index is 928. The van der Waals surface area contributed by atoms with Gasteiger partial charge in [0.1, 0.15) is 0 Å². The maximum atomic E-state index is 12.8. The monoisotopic (exact) mass is 415 g/mol. The van der Waals surface area contributed by atoms with Crippen molar-refractivity contribution >= 4 is 15.8 Å². The molecular weight excluding hydrogens is 386 g/mol. The van der Waals surface area contributed by atoms with Gasteiger partial charge in [-0.25, -0.2) is 13.1 Å². The van der Waals surface area contributed by atoms with Crippen LogP contribution in [0.15, 0.2) is 53.4 Å². The zero-order chi connectivity index (χ0) is 20.9. The predicted octanol–water partition coefficient (Wildman–Crippen LogP) is 3.51. The number of carbonyl (C=O) groups is 1. The van der Waals surface area contributed by atoms with Crippen molar-refractivity contribution in [1.82, 2.24) is 4.72 Å². The second-order valence-electron chi connectivity index (χ2n) is 8.08. The molecule has 6 heteroatoms. The normalized spacial score (nSPS) is 16.1. The van der Waals surface area contributed by atoms with E-state index in [9.17, 15) is 13.2 Å². The van der Waals surface area contributed by atoms with E-state index in [1.807, 2.05) is 12.1 Å². The largest absolute Gasteiger partial charge is 0.396 e. The Morgan fingerprint density at radius 3 is 2.14 bits per heavy atom. The van der Waals surface area contributed by atoms with E-state index in [0.29, 0.717) is 18.5 Å². The summed E-state index contributed by atoms with van der Waals surface area (Å²) in [7, 11) is -3.62. The average Bonchev–Trinajstić information content (AvgIpc) is 3.17. The lowest BCUT2D eigenvalue weighted by atomic mass is 9.80. The van der Waals surface area contributed by atoms with Crippen LogP contribution in [0.1, 0.15) is 54.1 Å². The van der Waals surface area contributed by atoms with Gasteiger partial charge in [-0.2, -0.15) is 0 Å². The van der Waals surface area contributed by atoms with Crippen molar-refractivity contribution in [3.63, 3.8) is 0 Å². The molecule has 0 spiro atoms. The van der Waals surface area contributed by atoms with Crippen LogP contribution in [0.4, 0.5) is 0 Å². The Morgan fingerprint density at radius 1 is 1.00 bits per heavy atom. The zero-order valence-corrected chi connectivity index (χ0v) is 17.7. The summed E-state index contributed by atoms with van der Waals surface area (Å²) in [5.41, 5.74) is 2.72. The number of sulfonamides is 1. The Balaban J connectivity index is 1.70. The topological polar surface area (TPSA) is 83.5 Å². The summed E-state index contributed by atoms with van der Waals surface area (Å²) in [4.78, 5) is 11.6. The van der Waals surface area contributed by atoms with E-state index in [2.05, 4.69) is 16.9 Å². The molecule has 0 aromatic heterocycles. The molecule has 1 aliphatic rings. The van der Waals surface area contributed by atoms with Gasteiger partial charge in [0.2, 0.25) is 10.0 Å². The standard InChI is InChI=1S/C23H29NO4S/c1-18(26)21-8-10-22(11-9-21)29(27,28)24-17-23(13-2-3-14-23)16-20-6-4-19(5-7-20)12-15-25/h4-11,24-25H,2-3,12-17H2,1H3. The lowest BCUT2D eigenvalue weighted by molar-refractivity contribution is 0.101. The molecule has 0 unspecified atom stereocenters. The molecule has 1 fully saturated rings. The molecule has 29 heavy (non-hydrogen) atoms. The summed E-state index contributed by atoms with van der Waals surface area (Å²) >= 11 is 0. The van der Waals surface area contributed by atoms with E-state index in [-0.39, 0.29) is 22.7 Å². The first-order valence-corrected chi connectivity index (χ1v) is 11.6. The molecular formula is C23H29NO4S. The van der Waals surface area contributed by atoms with Crippen molar-refractivity contribution in [2.24, 2.45) is 5.41 Å². The fraction of sp³-hybridized carbons (Fsp3) is 0.435. The van der Waals surface area contributed by atoms with Gasteiger partial charge in [-0.3, -0.25) is 4.79 Å². The Morgan fingerprint density at radius 2 is 1.59 bits per heavy atom. The van der Waals surface area contributed by atoms with Crippen LogP contribution in [0.5, 0.6) is 0 Å². The molecule has 0 atom stereocenters. The molecule has 2 aromatic rings. The molecule has 1 saturated carbocycles. The number of Topliss-reactive ketones (excluding diaryl/α,β-unsaturated/α-hetero) is 1. The fourth-order valence-corrected chi connectivity index (χ4v) is 5.28. The van der Waals surface area contributed by atoms with Gasteiger partial charge >= 0.3 is 0 Å². The van der Waals surface area contributed by atoms with Crippen LogP contribution in [-0.4, -0.2) is 32.5 Å². The van der Waals surface area contributed by atoms with Crippen LogP contribution in [-0.2, 0) is 22.9 Å². The number of benzene rings is 2. The highest BCUT2D eigenvalue weighted by Crippen LogP contribution is 2.40. The molecule has 0 bridgehead atoms. The van der Waals surface area contributed by atoms with Crippen molar-refractivity contribution in [3.05, 3.63) is 65.2 Å². The van der Waals surface area contributed by atoms with Crippen molar-refractivity contribution < 1.29 is 18.3 Å². The summed E-state index contributed by atoms with van der Waals surface area (Å²) in [6.45, 7) is 2.00. The van der Waals surface area contributed by atoms with Gasteiger partial charge in [0, 0.05) is 18.7 Å². The Hall–Kier alpha value is -2.02. The van der Waals surface area contributed by atoms with E-state index in [4.69, 9.17) is 5.11 Å². The number of rotatable bonds is 9. The molecule has 0 aliphatic heterocycles. The molecule has 0 amide bonds. The van der Waals surface area contributed by atoms with Crippen molar-refractivity contribution in [1.29, 1.82) is 0 Å². The summed E-state index contributed by atoms with van der Waals surface area (Å²) in [6.07, 6.45) is 5.69. The first-order chi connectivity index (χ1) is 13.8. The van der Waals surface area contributed by atoms with Crippen LogP contribution in [0.3, 0.4) is 0 Å². The average molecular weight is 416 g/mol. The molecule has 0 radical (unpaired) electrons. The fourth-order valence-electron chi connectivity index (χ4n) is 4.13. The van der Waals surface area contributed by atoms with E-state index < -0.39 is 10.0 Å². The maximum Gasteiger partial charge on any atom is 0.240 e. The van der Waals surface area contributed by atoms with Crippen LogP contribution < -0.4 is 4.72 Å². The first kappa shape index (κ1) is 21.7. The molecule has 156 valence electrons. The lowest BCUT2D eigenvalue weighted by Gasteiger charge is -2.29. The molecule has 3 rings (SSSR count). The zero-order valence-electron chi connectivity index (χ0n) is 16.9. The van der Waals surface area contributed by atoms with Gasteiger partial charge in [-0.15, -0.1) is 0 Å². The van der Waals surface area contributed by atoms with Crippen LogP contribution >= 0.6 is 0 Å². The Kier molecular flexibility index (Phi) is 6.88. The smallest absolute Gasteiger partial charge is 0.240 e. The highest BCUT2D eigenvalue weighted by molar-refractivity contribution is 7.89. The van der Waals surface area contributed by atoms with Gasteiger partial charge in [0.25, 0.3) is 0 Å². The number of ketones is 1. The third kappa shape index (κ3) is 5.53. The van der Waals surface area contributed by atoms with Crippen LogP contribution in [0.25, 0.3) is 0 Å². The minimum atomic E-state index is -3.62. The highest BCUT2D eigenvalue weighted by Gasteiger charge is 2.35. The first-order valence-electron chi connectivity index (χ1n) is 10.1. The maximum absolute atomic E-state index is 12.8.